The molecule has 0 aliphatic heterocycles. The highest BCUT2D eigenvalue weighted by molar-refractivity contribution is 7.98. The van der Waals surface area contributed by atoms with Gasteiger partial charge in [0.05, 0.1) is 5.69 Å². The first-order valence-electron chi connectivity index (χ1n) is 3.39. The zero-order valence-corrected chi connectivity index (χ0v) is 7.19. The Bertz CT molecular complexity index is 195. The summed E-state index contributed by atoms with van der Waals surface area (Å²) < 4.78 is 1.84. The Balaban J connectivity index is 2.42. The summed E-state index contributed by atoms with van der Waals surface area (Å²) in [6, 6.07) is 2.06. The molecule has 0 atom stereocenters. The van der Waals surface area contributed by atoms with Crippen molar-refractivity contribution in [3.05, 3.63) is 18.0 Å². The number of hydrogen-bond acceptors (Lipinski definition) is 2. The van der Waals surface area contributed by atoms with Crippen LogP contribution in [0.15, 0.2) is 12.3 Å². The second-order valence-electron chi connectivity index (χ2n) is 2.12. The molecule has 1 rings (SSSR count). The molecule has 0 amide bonds. The molecule has 1 heterocycles. The summed E-state index contributed by atoms with van der Waals surface area (Å²) in [5.41, 5.74) is 1.18. The fourth-order valence-electron chi connectivity index (χ4n) is 0.747. The Kier molecular flexibility index (Phi) is 2.81. The van der Waals surface area contributed by atoms with Crippen LogP contribution in [0.4, 0.5) is 0 Å². The summed E-state index contributed by atoms with van der Waals surface area (Å²) in [6.45, 7) is 2.16. The quantitative estimate of drug-likeness (QED) is 0.662. The molecule has 0 saturated heterocycles. The lowest BCUT2D eigenvalue weighted by molar-refractivity contribution is 0.755. The number of hydrogen-bond donors (Lipinski definition) is 0. The molecular weight excluding hydrogens is 144 g/mol. The van der Waals surface area contributed by atoms with Crippen LogP contribution in [0, 0.1) is 0 Å². The van der Waals surface area contributed by atoms with Gasteiger partial charge in [0.15, 0.2) is 0 Å². The summed E-state index contributed by atoms with van der Waals surface area (Å²) in [5, 5.41) is 4.24. The minimum atomic E-state index is 1.04. The Morgan fingerprint density at radius 1 is 1.70 bits per heavy atom. The van der Waals surface area contributed by atoms with Crippen molar-refractivity contribution < 1.29 is 0 Å². The van der Waals surface area contributed by atoms with Crippen molar-refractivity contribution in [3.63, 3.8) is 0 Å². The van der Waals surface area contributed by atoms with Crippen molar-refractivity contribution in [1.29, 1.82) is 0 Å². The minimum Gasteiger partial charge on any atom is -0.276 e. The SMILES string of the molecule is CCSCc1ccn(C)n1. The third-order valence-corrected chi connectivity index (χ3v) is 2.13. The van der Waals surface area contributed by atoms with Gasteiger partial charge >= 0.3 is 0 Å². The van der Waals surface area contributed by atoms with Gasteiger partial charge in [0, 0.05) is 19.0 Å². The van der Waals surface area contributed by atoms with E-state index in [1.165, 1.54) is 5.69 Å². The second kappa shape index (κ2) is 3.66. The average molecular weight is 156 g/mol. The van der Waals surface area contributed by atoms with Gasteiger partial charge in [-0.05, 0) is 11.8 Å². The average Bonchev–Trinajstić information content (AvgIpc) is 2.31. The molecule has 2 nitrogen and oxygen atoms in total. The molecule has 0 aromatic carbocycles. The van der Waals surface area contributed by atoms with Crippen LogP contribution >= 0.6 is 11.8 Å². The topological polar surface area (TPSA) is 17.8 Å². The molecule has 0 unspecified atom stereocenters. The van der Waals surface area contributed by atoms with Crippen LogP contribution in [0.5, 0.6) is 0 Å². The fraction of sp³-hybridized carbons (Fsp3) is 0.571. The summed E-state index contributed by atoms with van der Waals surface area (Å²) in [5.74, 6) is 2.20. The number of aromatic nitrogens is 2. The first-order chi connectivity index (χ1) is 4.83. The van der Waals surface area contributed by atoms with Gasteiger partial charge in [-0.3, -0.25) is 4.68 Å². The molecule has 1 aromatic heterocycles. The van der Waals surface area contributed by atoms with Crippen LogP contribution in [-0.2, 0) is 12.8 Å². The smallest absolute Gasteiger partial charge is 0.0723 e. The molecule has 0 saturated carbocycles. The van der Waals surface area contributed by atoms with Gasteiger partial charge in [0.2, 0.25) is 0 Å². The Labute approximate surface area is 65.6 Å². The summed E-state index contributed by atoms with van der Waals surface area (Å²) >= 11 is 1.90. The van der Waals surface area contributed by atoms with E-state index in [4.69, 9.17) is 0 Å². The van der Waals surface area contributed by atoms with Crippen molar-refractivity contribution in [2.24, 2.45) is 7.05 Å². The molecule has 0 spiro atoms. The van der Waals surface area contributed by atoms with Gasteiger partial charge in [-0.15, -0.1) is 0 Å². The highest BCUT2D eigenvalue weighted by atomic mass is 32.2. The Morgan fingerprint density at radius 3 is 3.00 bits per heavy atom. The lowest BCUT2D eigenvalue weighted by atomic mass is 10.5. The lowest BCUT2D eigenvalue weighted by Gasteiger charge is -1.91. The van der Waals surface area contributed by atoms with E-state index in [1.54, 1.807) is 0 Å². The van der Waals surface area contributed by atoms with Crippen molar-refractivity contribution in [2.75, 3.05) is 5.75 Å². The van der Waals surface area contributed by atoms with Gasteiger partial charge in [-0.1, -0.05) is 6.92 Å². The molecule has 0 aliphatic carbocycles. The zero-order valence-electron chi connectivity index (χ0n) is 6.37. The number of thioether (sulfide) groups is 1. The molecule has 10 heavy (non-hydrogen) atoms. The normalized spacial score (nSPS) is 10.2. The summed E-state index contributed by atoms with van der Waals surface area (Å²) in [4.78, 5) is 0. The van der Waals surface area contributed by atoms with E-state index < -0.39 is 0 Å². The molecule has 0 radical (unpaired) electrons. The van der Waals surface area contributed by atoms with Crippen molar-refractivity contribution in [3.8, 4) is 0 Å². The second-order valence-corrected chi connectivity index (χ2v) is 3.39. The van der Waals surface area contributed by atoms with E-state index in [2.05, 4.69) is 18.1 Å². The van der Waals surface area contributed by atoms with Gasteiger partial charge < -0.3 is 0 Å². The molecule has 0 N–H and O–H groups in total. The number of rotatable bonds is 3. The maximum atomic E-state index is 4.24. The maximum Gasteiger partial charge on any atom is 0.0723 e. The van der Waals surface area contributed by atoms with Crippen molar-refractivity contribution in [2.45, 2.75) is 12.7 Å². The predicted octanol–water partition coefficient (Wildman–Crippen LogP) is 1.67. The van der Waals surface area contributed by atoms with Crippen LogP contribution in [-0.4, -0.2) is 15.5 Å². The van der Waals surface area contributed by atoms with Gasteiger partial charge in [0.1, 0.15) is 0 Å². The van der Waals surface area contributed by atoms with E-state index in [0.717, 1.165) is 11.5 Å². The van der Waals surface area contributed by atoms with Crippen LogP contribution in [0.3, 0.4) is 0 Å². The first-order valence-corrected chi connectivity index (χ1v) is 4.54. The van der Waals surface area contributed by atoms with Gasteiger partial charge in [-0.25, -0.2) is 0 Å². The molecule has 3 heteroatoms. The van der Waals surface area contributed by atoms with Crippen LogP contribution < -0.4 is 0 Å². The van der Waals surface area contributed by atoms with Crippen molar-refractivity contribution >= 4 is 11.8 Å². The van der Waals surface area contributed by atoms with Gasteiger partial charge in [0.25, 0.3) is 0 Å². The molecule has 0 aliphatic rings. The molecular formula is C7H12N2S. The molecule has 1 aromatic rings. The Morgan fingerprint density at radius 2 is 2.50 bits per heavy atom. The van der Waals surface area contributed by atoms with E-state index in [1.807, 2.05) is 29.7 Å². The van der Waals surface area contributed by atoms with Crippen molar-refractivity contribution in [1.82, 2.24) is 9.78 Å². The van der Waals surface area contributed by atoms with E-state index in [0.29, 0.717) is 0 Å². The fourth-order valence-corrected chi connectivity index (χ4v) is 1.31. The summed E-state index contributed by atoms with van der Waals surface area (Å²) in [6.07, 6.45) is 1.98. The number of aryl methyl sites for hydroxylation is 1. The van der Waals surface area contributed by atoms with Crippen LogP contribution in [0.2, 0.25) is 0 Å². The highest BCUT2D eigenvalue weighted by Gasteiger charge is 1.93. The van der Waals surface area contributed by atoms with Crippen LogP contribution in [0.25, 0.3) is 0 Å². The molecule has 0 bridgehead atoms. The van der Waals surface area contributed by atoms with Gasteiger partial charge in [-0.2, -0.15) is 16.9 Å². The maximum absolute atomic E-state index is 4.24. The Hall–Kier alpha value is -0.440. The van der Waals surface area contributed by atoms with Crippen LogP contribution in [0.1, 0.15) is 12.6 Å². The zero-order chi connectivity index (χ0) is 7.40. The van der Waals surface area contributed by atoms with E-state index >= 15 is 0 Å². The third-order valence-electron chi connectivity index (χ3n) is 1.22. The largest absolute Gasteiger partial charge is 0.276 e. The number of nitrogens with zero attached hydrogens (tertiary/aromatic N) is 2. The summed E-state index contributed by atoms with van der Waals surface area (Å²) in [7, 11) is 1.94. The van der Waals surface area contributed by atoms with E-state index in [-0.39, 0.29) is 0 Å². The minimum absolute atomic E-state index is 1.04. The monoisotopic (exact) mass is 156 g/mol. The predicted molar refractivity (Wildman–Crippen MR) is 45.0 cm³/mol. The molecule has 56 valence electrons. The first kappa shape index (κ1) is 7.66. The highest BCUT2D eigenvalue weighted by Crippen LogP contribution is 2.07. The standard InChI is InChI=1S/C7H12N2S/c1-3-10-6-7-4-5-9(2)8-7/h4-5H,3,6H2,1-2H3. The third kappa shape index (κ3) is 2.06. The lowest BCUT2D eigenvalue weighted by Crippen LogP contribution is -1.89. The molecule has 0 fully saturated rings. The van der Waals surface area contributed by atoms with E-state index in [9.17, 15) is 0 Å².